The third-order valence-corrected chi connectivity index (χ3v) is 5.51. The van der Waals surface area contributed by atoms with E-state index in [-0.39, 0.29) is 11.8 Å². The van der Waals surface area contributed by atoms with Gasteiger partial charge >= 0.3 is 0 Å². The van der Waals surface area contributed by atoms with Gasteiger partial charge in [0.05, 0.1) is 22.7 Å². The average molecular weight is 290 g/mol. The fraction of sp³-hybridized carbons (Fsp3) is 0.400. The summed E-state index contributed by atoms with van der Waals surface area (Å²) in [6.45, 7) is 0.616. The quantitative estimate of drug-likeness (QED) is 0.938. The first-order valence-electron chi connectivity index (χ1n) is 6.91. The van der Waals surface area contributed by atoms with E-state index in [0.29, 0.717) is 12.3 Å². The Kier molecular flexibility index (Phi) is 3.72. The first-order chi connectivity index (χ1) is 9.62. The van der Waals surface area contributed by atoms with Gasteiger partial charge in [0, 0.05) is 18.0 Å². The molecule has 0 bridgehead atoms. The number of nitrogens with zero attached hydrogens (tertiary/aromatic N) is 1. The molecule has 4 nitrogen and oxygen atoms in total. The number of nitrogens with one attached hydrogen (secondary N) is 1. The van der Waals surface area contributed by atoms with Crippen LogP contribution in [0.25, 0.3) is 10.9 Å². The van der Waals surface area contributed by atoms with Crippen LogP contribution in [0.15, 0.2) is 36.4 Å². The van der Waals surface area contributed by atoms with E-state index in [1.54, 1.807) is 0 Å². The summed E-state index contributed by atoms with van der Waals surface area (Å²) in [5, 5.41) is 4.44. The van der Waals surface area contributed by atoms with Crippen molar-refractivity contribution in [3.05, 3.63) is 42.1 Å². The molecule has 1 unspecified atom stereocenters. The maximum atomic E-state index is 11.6. The highest BCUT2D eigenvalue weighted by atomic mass is 32.2. The standard InChI is InChI=1S/C15H18N2O2S/c18-20(19)9-3-5-14(11-20)16-10-13-8-7-12-4-1-2-6-15(12)17-13/h1-2,4,6-8,14,16H,3,5,9-11H2. The van der Waals surface area contributed by atoms with Crippen LogP contribution in [0, 0.1) is 0 Å². The molecule has 20 heavy (non-hydrogen) atoms. The van der Waals surface area contributed by atoms with Crippen LogP contribution < -0.4 is 5.32 Å². The van der Waals surface area contributed by atoms with Gasteiger partial charge in [0.2, 0.25) is 0 Å². The van der Waals surface area contributed by atoms with E-state index < -0.39 is 9.84 Å². The van der Waals surface area contributed by atoms with E-state index in [4.69, 9.17) is 0 Å². The second-order valence-corrected chi connectivity index (χ2v) is 7.56. The molecular formula is C15H18N2O2S. The Morgan fingerprint density at radius 3 is 2.90 bits per heavy atom. The Morgan fingerprint density at radius 2 is 2.05 bits per heavy atom. The molecule has 1 aliphatic rings. The lowest BCUT2D eigenvalue weighted by atomic mass is 10.1. The monoisotopic (exact) mass is 290 g/mol. The molecule has 3 rings (SSSR count). The highest BCUT2D eigenvalue weighted by Crippen LogP contribution is 2.14. The van der Waals surface area contributed by atoms with Crippen LogP contribution >= 0.6 is 0 Å². The number of pyridine rings is 1. The molecule has 1 fully saturated rings. The molecule has 1 N–H and O–H groups in total. The Morgan fingerprint density at radius 1 is 1.20 bits per heavy atom. The highest BCUT2D eigenvalue weighted by molar-refractivity contribution is 7.91. The summed E-state index contributed by atoms with van der Waals surface area (Å²) in [5.41, 5.74) is 1.93. The van der Waals surface area contributed by atoms with E-state index in [0.717, 1.165) is 29.4 Å². The van der Waals surface area contributed by atoms with Crippen molar-refractivity contribution in [2.24, 2.45) is 0 Å². The molecule has 1 aromatic carbocycles. The number of sulfone groups is 1. The third kappa shape index (κ3) is 3.16. The summed E-state index contributed by atoms with van der Waals surface area (Å²) in [6.07, 6.45) is 1.68. The smallest absolute Gasteiger partial charge is 0.151 e. The van der Waals surface area contributed by atoms with E-state index in [1.807, 2.05) is 30.3 Å². The zero-order valence-electron chi connectivity index (χ0n) is 11.2. The van der Waals surface area contributed by atoms with E-state index in [1.165, 1.54) is 0 Å². The van der Waals surface area contributed by atoms with Crippen LogP contribution in [-0.4, -0.2) is 30.9 Å². The van der Waals surface area contributed by atoms with Crippen LogP contribution in [0.1, 0.15) is 18.5 Å². The molecule has 1 aromatic heterocycles. The summed E-state index contributed by atoms with van der Waals surface area (Å²) in [6, 6.07) is 12.1. The van der Waals surface area contributed by atoms with Crippen molar-refractivity contribution in [1.29, 1.82) is 0 Å². The first kappa shape index (κ1) is 13.5. The number of para-hydroxylation sites is 1. The predicted molar refractivity (Wildman–Crippen MR) is 80.3 cm³/mol. The van der Waals surface area contributed by atoms with Crippen LogP contribution in [0.2, 0.25) is 0 Å². The second-order valence-electron chi connectivity index (χ2n) is 5.33. The molecular weight excluding hydrogens is 272 g/mol. The van der Waals surface area contributed by atoms with Gasteiger partial charge in [-0.2, -0.15) is 0 Å². The van der Waals surface area contributed by atoms with Crippen molar-refractivity contribution >= 4 is 20.7 Å². The van der Waals surface area contributed by atoms with Gasteiger partial charge in [-0.25, -0.2) is 8.42 Å². The van der Waals surface area contributed by atoms with Crippen molar-refractivity contribution < 1.29 is 8.42 Å². The second kappa shape index (κ2) is 5.50. The Labute approximate surface area is 119 Å². The SMILES string of the molecule is O=S1(=O)CCCC(NCc2ccc3ccccc3n2)C1. The number of benzene rings is 1. The van der Waals surface area contributed by atoms with Crippen molar-refractivity contribution in [2.75, 3.05) is 11.5 Å². The lowest BCUT2D eigenvalue weighted by Crippen LogP contribution is -2.39. The van der Waals surface area contributed by atoms with Crippen molar-refractivity contribution in [3.8, 4) is 0 Å². The van der Waals surface area contributed by atoms with Gasteiger partial charge in [-0.15, -0.1) is 0 Å². The molecule has 106 valence electrons. The lowest BCUT2D eigenvalue weighted by molar-refractivity contribution is 0.478. The fourth-order valence-electron chi connectivity index (χ4n) is 2.64. The van der Waals surface area contributed by atoms with Crippen LogP contribution in [0.3, 0.4) is 0 Å². The van der Waals surface area contributed by atoms with Crippen LogP contribution in [0.4, 0.5) is 0 Å². The zero-order valence-corrected chi connectivity index (χ0v) is 12.1. The molecule has 1 aliphatic heterocycles. The molecule has 1 saturated heterocycles. The molecule has 0 aliphatic carbocycles. The minimum absolute atomic E-state index is 0.0574. The largest absolute Gasteiger partial charge is 0.307 e. The summed E-state index contributed by atoms with van der Waals surface area (Å²) >= 11 is 0. The predicted octanol–water partition coefficient (Wildman–Crippen LogP) is 1.90. The minimum Gasteiger partial charge on any atom is -0.307 e. The van der Waals surface area contributed by atoms with E-state index in [2.05, 4.69) is 16.4 Å². The molecule has 0 spiro atoms. The summed E-state index contributed by atoms with van der Waals surface area (Å²) in [7, 11) is -2.85. The van der Waals surface area contributed by atoms with Crippen molar-refractivity contribution in [3.63, 3.8) is 0 Å². The van der Waals surface area contributed by atoms with Gasteiger partial charge < -0.3 is 5.32 Å². The lowest BCUT2D eigenvalue weighted by Gasteiger charge is -2.22. The third-order valence-electron chi connectivity index (χ3n) is 3.69. The van der Waals surface area contributed by atoms with E-state index >= 15 is 0 Å². The Balaban J connectivity index is 1.67. The maximum Gasteiger partial charge on any atom is 0.151 e. The number of rotatable bonds is 3. The number of aromatic nitrogens is 1. The number of fused-ring (bicyclic) bond motifs is 1. The minimum atomic E-state index is -2.85. The molecule has 0 radical (unpaired) electrons. The van der Waals surface area contributed by atoms with Gasteiger partial charge in [0.15, 0.2) is 9.84 Å². The summed E-state index contributed by atoms with van der Waals surface area (Å²) < 4.78 is 23.2. The molecule has 2 aromatic rings. The molecule has 0 saturated carbocycles. The summed E-state index contributed by atoms with van der Waals surface area (Å²) in [4.78, 5) is 4.58. The Bertz CT molecular complexity index is 713. The first-order valence-corrected chi connectivity index (χ1v) is 8.73. The van der Waals surface area contributed by atoms with Gasteiger partial charge in [-0.1, -0.05) is 24.3 Å². The van der Waals surface area contributed by atoms with Gasteiger partial charge in [-0.3, -0.25) is 4.98 Å². The zero-order chi connectivity index (χ0) is 14.0. The average Bonchev–Trinajstić information content (AvgIpc) is 2.44. The molecule has 5 heteroatoms. The maximum absolute atomic E-state index is 11.6. The highest BCUT2D eigenvalue weighted by Gasteiger charge is 2.24. The number of hydrogen-bond acceptors (Lipinski definition) is 4. The van der Waals surface area contributed by atoms with Gasteiger partial charge in [0.25, 0.3) is 0 Å². The molecule has 2 heterocycles. The normalized spacial score (nSPS) is 21.9. The van der Waals surface area contributed by atoms with Gasteiger partial charge in [-0.05, 0) is 25.0 Å². The van der Waals surface area contributed by atoms with Crippen LogP contribution in [-0.2, 0) is 16.4 Å². The van der Waals surface area contributed by atoms with Crippen LogP contribution in [0.5, 0.6) is 0 Å². The molecule has 1 atom stereocenters. The van der Waals surface area contributed by atoms with Crippen molar-refractivity contribution in [1.82, 2.24) is 10.3 Å². The molecule has 0 amide bonds. The summed E-state index contributed by atoms with van der Waals surface area (Å²) in [5.74, 6) is 0.583. The Hall–Kier alpha value is -1.46. The van der Waals surface area contributed by atoms with Crippen molar-refractivity contribution in [2.45, 2.75) is 25.4 Å². The fourth-order valence-corrected chi connectivity index (χ4v) is 4.31. The number of hydrogen-bond donors (Lipinski definition) is 1. The van der Waals surface area contributed by atoms with Gasteiger partial charge in [0.1, 0.15) is 0 Å². The topological polar surface area (TPSA) is 59.1 Å². The van der Waals surface area contributed by atoms with E-state index in [9.17, 15) is 8.42 Å².